The molecule has 4 rings (SSSR count). The molecular weight excluding hydrogens is 615 g/mol. The van der Waals surface area contributed by atoms with Crippen molar-refractivity contribution in [2.45, 2.75) is 64.3 Å². The number of nitrogens with zero attached hydrogens (tertiary/aromatic N) is 3. The fourth-order valence-electron chi connectivity index (χ4n) is 4.28. The highest BCUT2D eigenvalue weighted by Gasteiger charge is 2.39. The second kappa shape index (κ2) is 14.7. The first-order chi connectivity index (χ1) is 20.4. The summed E-state index contributed by atoms with van der Waals surface area (Å²) < 4.78 is 11.8. The second-order valence-electron chi connectivity index (χ2n) is 11.8. The Morgan fingerprint density at radius 1 is 1.14 bits per heavy atom. The van der Waals surface area contributed by atoms with Gasteiger partial charge in [0.2, 0.25) is 0 Å². The first-order valence-electron chi connectivity index (χ1n) is 14.2. The lowest BCUT2D eigenvalue weighted by molar-refractivity contribution is 0.0567. The SMILES string of the molecule is COC(=O)c1ccc(CCN2C(=O)SC=CN2CCC(Cc2cccc(C#Cc3cscn3)c2)O[Si](C)(C)C(C)(C)C)s1. The van der Waals surface area contributed by atoms with E-state index < -0.39 is 8.32 Å². The van der Waals surface area contributed by atoms with Gasteiger partial charge in [-0.15, -0.1) is 22.7 Å². The van der Waals surface area contributed by atoms with Crippen LogP contribution in [0.25, 0.3) is 0 Å². The zero-order valence-corrected chi connectivity index (χ0v) is 29.0. The van der Waals surface area contributed by atoms with Gasteiger partial charge < -0.3 is 9.16 Å². The fourth-order valence-corrected chi connectivity index (χ4v) is 7.70. The Labute approximate surface area is 268 Å². The molecule has 2 aromatic heterocycles. The van der Waals surface area contributed by atoms with Gasteiger partial charge in [-0.1, -0.05) is 38.8 Å². The molecule has 3 aromatic rings. The molecule has 1 atom stereocenters. The quantitative estimate of drug-likeness (QED) is 0.119. The van der Waals surface area contributed by atoms with Crippen molar-refractivity contribution in [1.29, 1.82) is 0 Å². The number of amides is 1. The Kier molecular flexibility index (Phi) is 11.3. The van der Waals surface area contributed by atoms with Crippen LogP contribution in [0.15, 0.2) is 58.9 Å². The number of methoxy groups -OCH3 is 1. The third kappa shape index (κ3) is 9.30. The van der Waals surface area contributed by atoms with E-state index in [0.717, 1.165) is 29.0 Å². The number of thiophene rings is 1. The molecule has 1 aliphatic rings. The molecule has 1 amide bonds. The fraction of sp³-hybridized carbons (Fsp3) is 0.406. The number of thioether (sulfide) groups is 1. The summed E-state index contributed by atoms with van der Waals surface area (Å²) in [5.74, 6) is 6.04. The van der Waals surface area contributed by atoms with Gasteiger partial charge in [0, 0.05) is 41.5 Å². The molecule has 11 heteroatoms. The van der Waals surface area contributed by atoms with Crippen LogP contribution in [0, 0.1) is 11.8 Å². The molecule has 0 radical (unpaired) electrons. The molecule has 0 saturated heterocycles. The summed E-state index contributed by atoms with van der Waals surface area (Å²) in [6.07, 6.45) is 4.10. The van der Waals surface area contributed by atoms with Crippen molar-refractivity contribution in [2.24, 2.45) is 0 Å². The average Bonchev–Trinajstić information content (AvgIpc) is 3.66. The molecule has 0 spiro atoms. The molecule has 0 N–H and O–H groups in total. The summed E-state index contributed by atoms with van der Waals surface area (Å²) in [5.41, 5.74) is 4.69. The highest BCUT2D eigenvalue weighted by molar-refractivity contribution is 8.16. The summed E-state index contributed by atoms with van der Waals surface area (Å²) >= 11 is 4.13. The molecular formula is C32H39N3O4S3Si. The molecule has 0 saturated carbocycles. The van der Waals surface area contributed by atoms with Crippen molar-refractivity contribution in [1.82, 2.24) is 15.0 Å². The molecule has 0 aliphatic carbocycles. The van der Waals surface area contributed by atoms with Crippen LogP contribution in [0.1, 0.15) is 58.6 Å². The number of carbonyl (C=O) groups excluding carboxylic acids is 2. The van der Waals surface area contributed by atoms with Crippen molar-refractivity contribution < 1.29 is 18.8 Å². The molecule has 0 bridgehead atoms. The van der Waals surface area contributed by atoms with Crippen LogP contribution in [0.2, 0.25) is 18.1 Å². The maximum absolute atomic E-state index is 13.0. The van der Waals surface area contributed by atoms with Crippen LogP contribution < -0.4 is 0 Å². The predicted octanol–water partition coefficient (Wildman–Crippen LogP) is 7.81. The molecule has 0 fully saturated rings. The zero-order valence-electron chi connectivity index (χ0n) is 25.6. The van der Waals surface area contributed by atoms with E-state index in [4.69, 9.17) is 9.16 Å². The number of hydrogen-bond donors (Lipinski definition) is 0. The van der Waals surface area contributed by atoms with Gasteiger partial charge in [-0.25, -0.2) is 14.8 Å². The third-order valence-electron chi connectivity index (χ3n) is 7.65. The van der Waals surface area contributed by atoms with Gasteiger partial charge in [0.05, 0.1) is 18.7 Å². The molecule has 1 aromatic carbocycles. The van der Waals surface area contributed by atoms with Crippen LogP contribution in [-0.2, 0) is 22.0 Å². The van der Waals surface area contributed by atoms with Gasteiger partial charge >= 0.3 is 11.2 Å². The normalized spacial score (nSPS) is 14.4. The first-order valence-corrected chi connectivity index (χ1v) is 19.8. The van der Waals surface area contributed by atoms with Gasteiger partial charge in [0.25, 0.3) is 0 Å². The number of ether oxygens (including phenoxy) is 1. The lowest BCUT2D eigenvalue weighted by Gasteiger charge is -2.41. The molecule has 43 heavy (non-hydrogen) atoms. The Bertz CT molecular complexity index is 1480. The third-order valence-corrected chi connectivity index (χ3v) is 14.6. The Morgan fingerprint density at radius 3 is 2.67 bits per heavy atom. The van der Waals surface area contributed by atoms with Crippen LogP contribution >= 0.6 is 34.4 Å². The van der Waals surface area contributed by atoms with Crippen molar-refractivity contribution in [3.05, 3.63) is 85.5 Å². The smallest absolute Gasteiger partial charge is 0.348 e. The highest BCUT2D eigenvalue weighted by atomic mass is 32.2. The standard InChI is InChI=1S/C32H39N3O4S3Si/c1-32(2,3)43(5,6)39-27(21-25-9-7-8-24(20-25)10-11-26-22-40-23-33-26)14-16-34-18-19-41-31(37)35(34)17-15-28-12-13-29(42-28)30(36)38-4/h7-9,12-13,18-20,22-23,27H,14-17,21H2,1-6H3. The van der Waals surface area contributed by atoms with Crippen LogP contribution in [0.4, 0.5) is 4.79 Å². The monoisotopic (exact) mass is 653 g/mol. The number of rotatable bonds is 11. The molecule has 1 aliphatic heterocycles. The number of thiazole rings is 1. The van der Waals surface area contributed by atoms with E-state index in [1.165, 1.54) is 47.1 Å². The lowest BCUT2D eigenvalue weighted by Crippen LogP contribution is -2.47. The van der Waals surface area contributed by atoms with E-state index in [2.05, 4.69) is 62.8 Å². The summed E-state index contributed by atoms with van der Waals surface area (Å²) in [4.78, 5) is 30.7. The van der Waals surface area contributed by atoms with Gasteiger partial charge in [-0.3, -0.25) is 9.80 Å². The lowest BCUT2D eigenvalue weighted by atomic mass is 10.0. The van der Waals surface area contributed by atoms with E-state index in [1.807, 2.05) is 40.2 Å². The first kappa shape index (κ1) is 33.0. The minimum atomic E-state index is -2.07. The van der Waals surface area contributed by atoms with Crippen LogP contribution in [0.5, 0.6) is 0 Å². The summed E-state index contributed by atoms with van der Waals surface area (Å²) in [7, 11) is -0.685. The van der Waals surface area contributed by atoms with Gasteiger partial charge in [0.1, 0.15) is 10.6 Å². The Hall–Kier alpha value is -2.88. The minimum Gasteiger partial charge on any atom is -0.465 e. The Morgan fingerprint density at radius 2 is 1.95 bits per heavy atom. The summed E-state index contributed by atoms with van der Waals surface area (Å²) in [6.45, 7) is 12.5. The van der Waals surface area contributed by atoms with E-state index in [1.54, 1.807) is 16.6 Å². The maximum atomic E-state index is 13.0. The van der Waals surface area contributed by atoms with Gasteiger partial charge in [0.15, 0.2) is 8.32 Å². The number of carbonyl (C=O) groups is 2. The van der Waals surface area contributed by atoms with Crippen LogP contribution in [-0.4, -0.2) is 60.8 Å². The highest BCUT2D eigenvalue weighted by Crippen LogP contribution is 2.38. The number of aromatic nitrogens is 1. The number of hydrazine groups is 1. The topological polar surface area (TPSA) is 72.0 Å². The van der Waals surface area contributed by atoms with Crippen molar-refractivity contribution in [3.63, 3.8) is 0 Å². The van der Waals surface area contributed by atoms with E-state index >= 15 is 0 Å². The van der Waals surface area contributed by atoms with E-state index in [-0.39, 0.29) is 22.4 Å². The summed E-state index contributed by atoms with van der Waals surface area (Å²) in [5, 5.41) is 7.64. The van der Waals surface area contributed by atoms with Crippen LogP contribution in [0.3, 0.4) is 0 Å². The number of esters is 1. The van der Waals surface area contributed by atoms with Crippen molar-refractivity contribution in [2.75, 3.05) is 20.2 Å². The maximum Gasteiger partial charge on any atom is 0.348 e. The predicted molar refractivity (Wildman–Crippen MR) is 180 cm³/mol. The van der Waals surface area contributed by atoms with E-state index in [9.17, 15) is 9.59 Å². The molecule has 7 nitrogen and oxygen atoms in total. The number of benzene rings is 1. The zero-order chi connectivity index (χ0) is 31.0. The largest absolute Gasteiger partial charge is 0.465 e. The second-order valence-corrected chi connectivity index (χ2v) is 19.3. The Balaban J connectivity index is 1.47. The molecule has 3 heterocycles. The van der Waals surface area contributed by atoms with Gasteiger partial charge in [-0.2, -0.15) is 0 Å². The van der Waals surface area contributed by atoms with E-state index in [0.29, 0.717) is 24.4 Å². The summed E-state index contributed by atoms with van der Waals surface area (Å²) in [6, 6.07) is 12.0. The minimum absolute atomic E-state index is 0.0134. The molecule has 1 unspecified atom stereocenters. The molecule has 228 valence electrons. The van der Waals surface area contributed by atoms with Crippen molar-refractivity contribution >= 4 is 54.0 Å². The number of hydrogen-bond acceptors (Lipinski definition) is 9. The van der Waals surface area contributed by atoms with Crippen molar-refractivity contribution in [3.8, 4) is 11.8 Å². The van der Waals surface area contributed by atoms with Gasteiger partial charge in [-0.05, 0) is 83.9 Å². The average molecular weight is 654 g/mol.